The molecule has 0 saturated carbocycles. The Hall–Kier alpha value is -1.94. The van der Waals surface area contributed by atoms with Crippen LogP contribution >= 0.6 is 11.8 Å². The Kier molecular flexibility index (Phi) is 5.69. The first kappa shape index (κ1) is 17.9. The number of hydrogen-bond donors (Lipinski definition) is 1. The van der Waals surface area contributed by atoms with Gasteiger partial charge in [-0.15, -0.1) is 11.8 Å². The number of nitrogens with one attached hydrogen (secondary N) is 1. The van der Waals surface area contributed by atoms with Gasteiger partial charge in [-0.05, 0) is 44.0 Å². The second kappa shape index (κ2) is 7.96. The lowest BCUT2D eigenvalue weighted by Crippen LogP contribution is -2.33. The predicted molar refractivity (Wildman–Crippen MR) is 107 cm³/mol. The van der Waals surface area contributed by atoms with Gasteiger partial charge >= 0.3 is 0 Å². The van der Waals surface area contributed by atoms with Crippen molar-refractivity contribution in [1.82, 2.24) is 5.32 Å². The Labute approximate surface area is 154 Å². The first-order valence-corrected chi connectivity index (χ1v) is 9.93. The van der Waals surface area contributed by atoms with Gasteiger partial charge in [-0.25, -0.2) is 0 Å². The van der Waals surface area contributed by atoms with E-state index in [9.17, 15) is 4.79 Å². The first-order chi connectivity index (χ1) is 12.1. The molecule has 0 fully saturated rings. The number of fused-ring (bicyclic) bond motifs is 1. The third-order valence-electron chi connectivity index (χ3n) is 4.66. The number of thioether (sulfide) groups is 1. The lowest BCUT2D eigenvalue weighted by molar-refractivity contribution is 0.0939. The van der Waals surface area contributed by atoms with Crippen molar-refractivity contribution in [2.75, 3.05) is 17.2 Å². The summed E-state index contributed by atoms with van der Waals surface area (Å²) >= 11 is 1.87. The highest BCUT2D eigenvalue weighted by atomic mass is 32.2. The molecule has 1 atom stereocenters. The van der Waals surface area contributed by atoms with Crippen molar-refractivity contribution in [3.8, 4) is 0 Å². The van der Waals surface area contributed by atoms with Crippen LogP contribution in [0.25, 0.3) is 0 Å². The Bertz CT molecular complexity index is 742. The lowest BCUT2D eigenvalue weighted by atomic mass is 10.1. The summed E-state index contributed by atoms with van der Waals surface area (Å²) in [5.74, 6) is 1.10. The normalized spacial score (nSPS) is 14.8. The van der Waals surface area contributed by atoms with Crippen LogP contribution in [-0.2, 0) is 6.54 Å². The molecule has 132 valence electrons. The second-order valence-electron chi connectivity index (χ2n) is 6.72. The number of anilines is 1. The molecule has 1 amide bonds. The van der Waals surface area contributed by atoms with Crippen molar-refractivity contribution in [3.63, 3.8) is 0 Å². The van der Waals surface area contributed by atoms with Crippen LogP contribution in [0.1, 0.15) is 41.8 Å². The summed E-state index contributed by atoms with van der Waals surface area (Å²) in [7, 11) is 0. The first-order valence-electron chi connectivity index (χ1n) is 8.95. The van der Waals surface area contributed by atoms with Gasteiger partial charge in [0, 0.05) is 35.3 Å². The van der Waals surface area contributed by atoms with Gasteiger partial charge in [0.1, 0.15) is 0 Å². The van der Waals surface area contributed by atoms with Gasteiger partial charge in [0.05, 0.1) is 5.69 Å². The molecule has 0 spiro atoms. The van der Waals surface area contributed by atoms with Crippen molar-refractivity contribution in [3.05, 3.63) is 59.2 Å². The van der Waals surface area contributed by atoms with E-state index < -0.39 is 0 Å². The van der Waals surface area contributed by atoms with Gasteiger partial charge in [0.2, 0.25) is 0 Å². The highest BCUT2D eigenvalue weighted by molar-refractivity contribution is 7.99. The molecule has 0 bridgehead atoms. The van der Waals surface area contributed by atoms with Crippen LogP contribution < -0.4 is 10.2 Å². The third kappa shape index (κ3) is 4.37. The molecule has 0 saturated heterocycles. The quantitative estimate of drug-likeness (QED) is 0.849. The maximum atomic E-state index is 12.5. The van der Waals surface area contributed by atoms with E-state index in [0.717, 1.165) is 30.8 Å². The summed E-state index contributed by atoms with van der Waals surface area (Å²) in [5, 5.41) is 3.06. The summed E-state index contributed by atoms with van der Waals surface area (Å²) in [5.41, 5.74) is 4.50. The number of carbonyl (C=O) groups is 1. The predicted octanol–water partition coefficient (Wildman–Crippen LogP) is 4.64. The molecule has 25 heavy (non-hydrogen) atoms. The molecular formula is C21H26N2OS. The van der Waals surface area contributed by atoms with Crippen molar-refractivity contribution in [2.45, 2.75) is 44.7 Å². The largest absolute Gasteiger partial charge is 0.365 e. The van der Waals surface area contributed by atoms with E-state index in [1.807, 2.05) is 30.8 Å². The number of amides is 1. The Morgan fingerprint density at radius 2 is 2.00 bits per heavy atom. The zero-order valence-corrected chi connectivity index (χ0v) is 16.0. The molecule has 0 radical (unpaired) electrons. The molecule has 0 aromatic heterocycles. The topological polar surface area (TPSA) is 32.3 Å². The van der Waals surface area contributed by atoms with Gasteiger partial charge in [-0.1, -0.05) is 36.8 Å². The molecule has 3 rings (SSSR count). The Balaban J connectivity index is 1.82. The van der Waals surface area contributed by atoms with Crippen molar-refractivity contribution in [1.29, 1.82) is 0 Å². The number of carbonyl (C=O) groups excluding carboxylic acids is 1. The van der Waals surface area contributed by atoms with Crippen LogP contribution in [-0.4, -0.2) is 24.2 Å². The van der Waals surface area contributed by atoms with Crippen molar-refractivity contribution >= 4 is 23.4 Å². The van der Waals surface area contributed by atoms with Crippen molar-refractivity contribution < 1.29 is 4.79 Å². The SMILES string of the molecule is CCC(C)NC(=O)c1ccc2c(c1)N(Cc1ccc(C)cc1)CCS2. The van der Waals surface area contributed by atoms with Crippen LogP contribution in [0.15, 0.2) is 47.4 Å². The number of rotatable bonds is 5. The van der Waals surface area contributed by atoms with E-state index in [4.69, 9.17) is 0 Å². The smallest absolute Gasteiger partial charge is 0.251 e. The van der Waals surface area contributed by atoms with Gasteiger partial charge in [-0.2, -0.15) is 0 Å². The van der Waals surface area contributed by atoms with Crippen LogP contribution in [0.5, 0.6) is 0 Å². The minimum absolute atomic E-state index is 0.0167. The van der Waals surface area contributed by atoms with Crippen LogP contribution in [0.2, 0.25) is 0 Å². The lowest BCUT2D eigenvalue weighted by Gasteiger charge is -2.31. The summed E-state index contributed by atoms with van der Waals surface area (Å²) in [4.78, 5) is 16.1. The van der Waals surface area contributed by atoms with E-state index >= 15 is 0 Å². The molecule has 2 aromatic rings. The highest BCUT2D eigenvalue weighted by Gasteiger charge is 2.20. The van der Waals surface area contributed by atoms with E-state index in [0.29, 0.717) is 0 Å². The highest BCUT2D eigenvalue weighted by Crippen LogP contribution is 2.36. The van der Waals surface area contributed by atoms with Crippen molar-refractivity contribution in [2.24, 2.45) is 0 Å². The van der Waals surface area contributed by atoms with Crippen LogP contribution in [0.3, 0.4) is 0 Å². The van der Waals surface area contributed by atoms with Gasteiger partial charge in [-0.3, -0.25) is 4.79 Å². The minimum atomic E-state index is 0.0167. The molecule has 2 aromatic carbocycles. The monoisotopic (exact) mass is 354 g/mol. The average molecular weight is 355 g/mol. The van der Waals surface area contributed by atoms with E-state index in [1.54, 1.807) is 0 Å². The fourth-order valence-corrected chi connectivity index (χ4v) is 3.93. The average Bonchev–Trinajstić information content (AvgIpc) is 2.63. The molecule has 0 aliphatic carbocycles. The molecule has 1 N–H and O–H groups in total. The van der Waals surface area contributed by atoms with Gasteiger partial charge in [0.25, 0.3) is 5.91 Å². The molecule has 1 aliphatic heterocycles. The standard InChI is InChI=1S/C21H26N2OS/c1-4-16(3)22-21(24)18-9-10-20-19(13-18)23(11-12-25-20)14-17-7-5-15(2)6-8-17/h5-10,13,16H,4,11-12,14H2,1-3H3,(H,22,24). The summed E-state index contributed by atoms with van der Waals surface area (Å²) in [6.07, 6.45) is 0.937. The Morgan fingerprint density at radius 3 is 2.72 bits per heavy atom. The fraction of sp³-hybridized carbons (Fsp3) is 0.381. The zero-order chi connectivity index (χ0) is 17.8. The number of nitrogens with zero attached hydrogens (tertiary/aromatic N) is 1. The Morgan fingerprint density at radius 1 is 1.24 bits per heavy atom. The van der Waals surface area contributed by atoms with Gasteiger partial charge < -0.3 is 10.2 Å². The molecule has 1 aliphatic rings. The van der Waals surface area contributed by atoms with E-state index in [-0.39, 0.29) is 11.9 Å². The van der Waals surface area contributed by atoms with E-state index in [2.05, 4.69) is 54.4 Å². The number of hydrogen-bond acceptors (Lipinski definition) is 3. The minimum Gasteiger partial charge on any atom is -0.365 e. The number of aryl methyl sites for hydroxylation is 1. The summed E-state index contributed by atoms with van der Waals surface area (Å²) in [6.45, 7) is 8.11. The number of benzene rings is 2. The molecule has 4 heteroatoms. The van der Waals surface area contributed by atoms with Crippen LogP contribution in [0.4, 0.5) is 5.69 Å². The maximum absolute atomic E-state index is 12.5. The second-order valence-corrected chi connectivity index (χ2v) is 7.86. The molecule has 3 nitrogen and oxygen atoms in total. The maximum Gasteiger partial charge on any atom is 0.251 e. The summed E-state index contributed by atoms with van der Waals surface area (Å²) in [6, 6.07) is 15.0. The summed E-state index contributed by atoms with van der Waals surface area (Å²) < 4.78 is 0. The van der Waals surface area contributed by atoms with E-state index in [1.165, 1.54) is 21.7 Å². The molecule has 1 unspecified atom stereocenters. The molecule has 1 heterocycles. The fourth-order valence-electron chi connectivity index (χ4n) is 2.90. The zero-order valence-electron chi connectivity index (χ0n) is 15.2. The van der Waals surface area contributed by atoms with Gasteiger partial charge in [0.15, 0.2) is 0 Å². The molecular weight excluding hydrogens is 328 g/mol. The van der Waals surface area contributed by atoms with Crippen LogP contribution in [0, 0.1) is 6.92 Å². The third-order valence-corrected chi connectivity index (χ3v) is 5.71.